The summed E-state index contributed by atoms with van der Waals surface area (Å²) >= 11 is 1.82. The summed E-state index contributed by atoms with van der Waals surface area (Å²) < 4.78 is 0. The van der Waals surface area contributed by atoms with Crippen molar-refractivity contribution in [3.63, 3.8) is 0 Å². The van der Waals surface area contributed by atoms with Crippen molar-refractivity contribution in [2.45, 2.75) is 32.4 Å². The lowest BCUT2D eigenvalue weighted by Gasteiger charge is -2.37. The van der Waals surface area contributed by atoms with Gasteiger partial charge in [0.1, 0.15) is 0 Å². The second-order valence-electron chi connectivity index (χ2n) is 4.16. The highest BCUT2D eigenvalue weighted by atomic mass is 32.1. The fourth-order valence-electron chi connectivity index (χ4n) is 2.31. The first-order valence-electron chi connectivity index (χ1n) is 5.44. The molecule has 0 saturated carbocycles. The summed E-state index contributed by atoms with van der Waals surface area (Å²) in [5.74, 6) is 0.283. The second-order valence-corrected chi connectivity index (χ2v) is 5.16. The molecule has 88 valence electrons. The molecule has 1 aromatic heterocycles. The van der Waals surface area contributed by atoms with Gasteiger partial charge in [-0.3, -0.25) is 4.90 Å². The molecule has 1 aliphatic heterocycles. The van der Waals surface area contributed by atoms with Crippen LogP contribution in [0.15, 0.2) is 16.6 Å². The van der Waals surface area contributed by atoms with Gasteiger partial charge in [0.15, 0.2) is 5.84 Å². The zero-order chi connectivity index (χ0) is 11.7. The zero-order valence-corrected chi connectivity index (χ0v) is 10.4. The Hall–Kier alpha value is -1.07. The van der Waals surface area contributed by atoms with E-state index in [-0.39, 0.29) is 11.9 Å². The lowest BCUT2D eigenvalue weighted by atomic mass is 9.99. The number of thiophene rings is 1. The minimum absolute atomic E-state index is 0.0203. The van der Waals surface area contributed by atoms with E-state index in [9.17, 15) is 0 Å². The maximum atomic E-state index is 8.72. The predicted molar refractivity (Wildman–Crippen MR) is 66.0 cm³/mol. The highest BCUT2D eigenvalue weighted by Gasteiger charge is 2.29. The lowest BCUT2D eigenvalue weighted by Crippen LogP contribution is -2.46. The van der Waals surface area contributed by atoms with Crippen LogP contribution in [-0.2, 0) is 6.42 Å². The van der Waals surface area contributed by atoms with Crippen molar-refractivity contribution in [2.75, 3.05) is 6.54 Å². The van der Waals surface area contributed by atoms with Gasteiger partial charge in [-0.05, 0) is 37.3 Å². The summed E-state index contributed by atoms with van der Waals surface area (Å²) in [7, 11) is 0. The van der Waals surface area contributed by atoms with Crippen LogP contribution in [0.4, 0.5) is 0 Å². The van der Waals surface area contributed by atoms with Crippen LogP contribution >= 0.6 is 11.3 Å². The minimum atomic E-state index is -0.0203. The monoisotopic (exact) mass is 239 g/mol. The van der Waals surface area contributed by atoms with Crippen molar-refractivity contribution in [2.24, 2.45) is 10.9 Å². The van der Waals surface area contributed by atoms with E-state index < -0.39 is 0 Å². The van der Waals surface area contributed by atoms with E-state index >= 15 is 0 Å². The van der Waals surface area contributed by atoms with E-state index in [1.807, 2.05) is 18.3 Å². The van der Waals surface area contributed by atoms with E-state index in [0.717, 1.165) is 13.0 Å². The van der Waals surface area contributed by atoms with E-state index in [4.69, 9.17) is 10.9 Å². The first-order chi connectivity index (χ1) is 7.65. The summed E-state index contributed by atoms with van der Waals surface area (Å²) in [5.41, 5.74) is 7.05. The third kappa shape index (κ3) is 1.81. The molecule has 1 aliphatic rings. The standard InChI is InChI=1S/C11H17N3OS/c1-7-9-4-6-16-10(9)3-5-14(7)8(2)11(12)13-15/h4,6-8,15H,3,5H2,1-2H3,(H2,12,13). The van der Waals surface area contributed by atoms with Crippen molar-refractivity contribution in [1.29, 1.82) is 0 Å². The Morgan fingerprint density at radius 3 is 3.19 bits per heavy atom. The summed E-state index contributed by atoms with van der Waals surface area (Å²) in [6, 6.07) is 2.49. The Balaban J connectivity index is 2.21. The molecular formula is C11H17N3OS. The third-order valence-electron chi connectivity index (χ3n) is 3.37. The van der Waals surface area contributed by atoms with Gasteiger partial charge in [-0.2, -0.15) is 0 Å². The van der Waals surface area contributed by atoms with Gasteiger partial charge >= 0.3 is 0 Å². The van der Waals surface area contributed by atoms with Gasteiger partial charge < -0.3 is 10.9 Å². The lowest BCUT2D eigenvalue weighted by molar-refractivity contribution is 0.177. The normalized spacial score (nSPS) is 24.1. The van der Waals surface area contributed by atoms with E-state index in [1.54, 1.807) is 0 Å². The average Bonchev–Trinajstić information content (AvgIpc) is 2.76. The first-order valence-corrected chi connectivity index (χ1v) is 6.32. The van der Waals surface area contributed by atoms with Gasteiger partial charge in [-0.25, -0.2) is 0 Å². The Morgan fingerprint density at radius 2 is 2.50 bits per heavy atom. The summed E-state index contributed by atoms with van der Waals surface area (Å²) in [6.07, 6.45) is 1.06. The fourth-order valence-corrected chi connectivity index (χ4v) is 3.27. The van der Waals surface area contributed by atoms with Crippen LogP contribution in [-0.4, -0.2) is 28.5 Å². The van der Waals surface area contributed by atoms with Crippen molar-refractivity contribution < 1.29 is 5.21 Å². The number of rotatable bonds is 2. The van der Waals surface area contributed by atoms with Crippen LogP contribution in [0.1, 0.15) is 30.3 Å². The Bertz CT molecular complexity index is 402. The topological polar surface area (TPSA) is 61.9 Å². The van der Waals surface area contributed by atoms with Crippen molar-refractivity contribution in [1.82, 2.24) is 4.90 Å². The maximum Gasteiger partial charge on any atom is 0.156 e. The molecule has 3 N–H and O–H groups in total. The third-order valence-corrected chi connectivity index (χ3v) is 4.36. The smallest absolute Gasteiger partial charge is 0.156 e. The van der Waals surface area contributed by atoms with Gasteiger partial charge in [0.05, 0.1) is 6.04 Å². The van der Waals surface area contributed by atoms with Crippen LogP contribution in [0.3, 0.4) is 0 Å². The highest BCUT2D eigenvalue weighted by molar-refractivity contribution is 7.10. The molecule has 0 aliphatic carbocycles. The molecule has 2 heterocycles. The van der Waals surface area contributed by atoms with Gasteiger partial charge in [-0.1, -0.05) is 5.16 Å². The molecule has 0 bridgehead atoms. The van der Waals surface area contributed by atoms with E-state index in [0.29, 0.717) is 6.04 Å². The Morgan fingerprint density at radius 1 is 1.75 bits per heavy atom. The summed E-state index contributed by atoms with van der Waals surface area (Å²) in [6.45, 7) is 5.11. The molecule has 16 heavy (non-hydrogen) atoms. The molecule has 1 aromatic rings. The van der Waals surface area contributed by atoms with Crippen LogP contribution < -0.4 is 5.73 Å². The van der Waals surface area contributed by atoms with Gasteiger partial charge in [0.2, 0.25) is 0 Å². The largest absolute Gasteiger partial charge is 0.409 e. The molecule has 0 aromatic carbocycles. The zero-order valence-electron chi connectivity index (χ0n) is 9.55. The number of hydrogen-bond donors (Lipinski definition) is 2. The molecule has 4 nitrogen and oxygen atoms in total. The molecule has 0 saturated heterocycles. The molecule has 0 radical (unpaired) electrons. The number of nitrogens with zero attached hydrogens (tertiary/aromatic N) is 2. The molecule has 2 atom stereocenters. The summed E-state index contributed by atoms with van der Waals surface area (Å²) in [5, 5.41) is 14.0. The average molecular weight is 239 g/mol. The Labute approximate surface area is 99.4 Å². The number of amidine groups is 1. The van der Waals surface area contributed by atoms with Gasteiger partial charge in [-0.15, -0.1) is 11.3 Å². The van der Waals surface area contributed by atoms with Crippen LogP contribution in [0.5, 0.6) is 0 Å². The van der Waals surface area contributed by atoms with Gasteiger partial charge in [0, 0.05) is 17.5 Å². The SMILES string of the molecule is CC(C(N)=NO)N1CCc2sccc2C1C. The predicted octanol–water partition coefficient (Wildman–Crippen LogP) is 1.80. The second kappa shape index (κ2) is 4.43. The van der Waals surface area contributed by atoms with Crippen molar-refractivity contribution >= 4 is 17.2 Å². The number of hydrogen-bond acceptors (Lipinski definition) is 4. The van der Waals surface area contributed by atoms with Gasteiger partial charge in [0.25, 0.3) is 0 Å². The maximum absolute atomic E-state index is 8.72. The van der Waals surface area contributed by atoms with Crippen LogP contribution in [0.2, 0.25) is 0 Å². The summed E-state index contributed by atoms with van der Waals surface area (Å²) in [4.78, 5) is 3.74. The molecular weight excluding hydrogens is 222 g/mol. The molecule has 2 unspecified atom stereocenters. The number of nitrogens with two attached hydrogens (primary N) is 1. The molecule has 0 amide bonds. The van der Waals surface area contributed by atoms with Crippen LogP contribution in [0.25, 0.3) is 0 Å². The molecule has 2 rings (SSSR count). The van der Waals surface area contributed by atoms with E-state index in [1.165, 1.54) is 10.4 Å². The fraction of sp³-hybridized carbons (Fsp3) is 0.545. The minimum Gasteiger partial charge on any atom is -0.409 e. The Kier molecular flexibility index (Phi) is 3.16. The van der Waals surface area contributed by atoms with Crippen LogP contribution in [0, 0.1) is 0 Å². The highest BCUT2D eigenvalue weighted by Crippen LogP contribution is 2.33. The quantitative estimate of drug-likeness (QED) is 0.358. The van der Waals surface area contributed by atoms with Crippen molar-refractivity contribution in [3.8, 4) is 0 Å². The molecule has 5 heteroatoms. The number of fused-ring (bicyclic) bond motifs is 1. The molecule has 0 spiro atoms. The molecule has 0 fully saturated rings. The number of oxime groups is 1. The first kappa shape index (κ1) is 11.4. The van der Waals surface area contributed by atoms with Crippen molar-refractivity contribution in [3.05, 3.63) is 21.9 Å². The van der Waals surface area contributed by atoms with E-state index in [2.05, 4.69) is 28.4 Å².